The number of hydrogen-bond donors (Lipinski definition) is 0. The molecule has 0 saturated carbocycles. The van der Waals surface area contributed by atoms with E-state index in [9.17, 15) is 9.59 Å². The predicted molar refractivity (Wildman–Crippen MR) is 71.4 cm³/mol. The summed E-state index contributed by atoms with van der Waals surface area (Å²) in [5.41, 5.74) is 2.52. The molecule has 0 aliphatic carbocycles. The second kappa shape index (κ2) is 5.10. The summed E-state index contributed by atoms with van der Waals surface area (Å²) in [6.07, 6.45) is 0. The monoisotopic (exact) mass is 257 g/mol. The van der Waals surface area contributed by atoms with Crippen molar-refractivity contribution in [3.63, 3.8) is 0 Å². The van der Waals surface area contributed by atoms with E-state index in [0.29, 0.717) is 17.0 Å². The maximum Gasteiger partial charge on any atom is 0.354 e. The Morgan fingerprint density at radius 3 is 2.16 bits per heavy atom. The lowest BCUT2D eigenvalue weighted by molar-refractivity contribution is 0.0590. The number of benzene rings is 1. The lowest BCUT2D eigenvalue weighted by Crippen LogP contribution is -2.13. The molecule has 1 aromatic heterocycles. The summed E-state index contributed by atoms with van der Waals surface area (Å²) in [5, 5.41) is 0. The van der Waals surface area contributed by atoms with Crippen LogP contribution in [0, 0.1) is 6.92 Å². The fourth-order valence-electron chi connectivity index (χ4n) is 1.90. The Bertz CT molecular complexity index is 623. The van der Waals surface area contributed by atoms with Crippen LogP contribution in [0.2, 0.25) is 0 Å². The van der Waals surface area contributed by atoms with Crippen LogP contribution in [0.3, 0.4) is 0 Å². The van der Waals surface area contributed by atoms with Crippen LogP contribution >= 0.6 is 0 Å². The number of aromatic nitrogens is 1. The van der Waals surface area contributed by atoms with Gasteiger partial charge in [-0.2, -0.15) is 0 Å². The Morgan fingerprint density at radius 2 is 1.58 bits per heavy atom. The topological polar surface area (TPSA) is 48.3 Å². The smallest absolute Gasteiger partial charge is 0.354 e. The molecule has 19 heavy (non-hydrogen) atoms. The molecule has 0 radical (unpaired) electrons. The SMILES string of the molecule is COC(=O)c1ccc(C(=O)c2ccc(C)cc2)n1C. The van der Waals surface area contributed by atoms with Crippen LogP contribution in [0.4, 0.5) is 0 Å². The van der Waals surface area contributed by atoms with Crippen LogP contribution in [-0.4, -0.2) is 23.4 Å². The molecule has 0 aliphatic rings. The molecule has 0 saturated heterocycles. The van der Waals surface area contributed by atoms with Gasteiger partial charge < -0.3 is 9.30 Å². The average molecular weight is 257 g/mol. The van der Waals surface area contributed by atoms with Crippen molar-refractivity contribution in [2.24, 2.45) is 7.05 Å². The van der Waals surface area contributed by atoms with Crippen molar-refractivity contribution in [3.05, 3.63) is 58.9 Å². The number of rotatable bonds is 3. The first-order valence-corrected chi connectivity index (χ1v) is 5.90. The third kappa shape index (κ3) is 2.42. The van der Waals surface area contributed by atoms with Crippen molar-refractivity contribution in [1.82, 2.24) is 4.57 Å². The Balaban J connectivity index is 2.37. The molecular weight excluding hydrogens is 242 g/mol. The molecule has 0 spiro atoms. The van der Waals surface area contributed by atoms with E-state index < -0.39 is 5.97 Å². The summed E-state index contributed by atoms with van der Waals surface area (Å²) in [7, 11) is 2.99. The first-order valence-electron chi connectivity index (χ1n) is 5.90. The van der Waals surface area contributed by atoms with Crippen molar-refractivity contribution in [2.45, 2.75) is 6.92 Å². The fourth-order valence-corrected chi connectivity index (χ4v) is 1.90. The number of methoxy groups -OCH3 is 1. The molecule has 2 aromatic rings. The zero-order valence-electron chi connectivity index (χ0n) is 11.1. The van der Waals surface area contributed by atoms with E-state index in [0.717, 1.165) is 5.56 Å². The van der Waals surface area contributed by atoms with E-state index in [4.69, 9.17) is 0 Å². The first kappa shape index (κ1) is 13.1. The molecule has 2 rings (SSSR count). The van der Waals surface area contributed by atoms with Gasteiger partial charge in [-0.25, -0.2) is 4.79 Å². The average Bonchev–Trinajstić information content (AvgIpc) is 2.80. The molecule has 0 N–H and O–H groups in total. The van der Waals surface area contributed by atoms with Crippen LogP contribution in [0.5, 0.6) is 0 Å². The number of nitrogens with zero attached hydrogens (tertiary/aromatic N) is 1. The Kier molecular flexibility index (Phi) is 3.51. The summed E-state index contributed by atoms with van der Waals surface area (Å²) in [5.74, 6) is -0.567. The quantitative estimate of drug-likeness (QED) is 0.626. The van der Waals surface area contributed by atoms with Crippen molar-refractivity contribution in [1.29, 1.82) is 0 Å². The first-order chi connectivity index (χ1) is 9.04. The molecule has 0 bridgehead atoms. The maximum absolute atomic E-state index is 12.3. The van der Waals surface area contributed by atoms with Gasteiger partial charge in [0.25, 0.3) is 0 Å². The van der Waals surface area contributed by atoms with Gasteiger partial charge in [0, 0.05) is 12.6 Å². The highest BCUT2D eigenvalue weighted by atomic mass is 16.5. The normalized spacial score (nSPS) is 10.3. The Hall–Kier alpha value is -2.36. The molecule has 1 heterocycles. The fraction of sp³-hybridized carbons (Fsp3) is 0.200. The van der Waals surface area contributed by atoms with E-state index in [2.05, 4.69) is 4.74 Å². The van der Waals surface area contributed by atoms with E-state index >= 15 is 0 Å². The van der Waals surface area contributed by atoms with Crippen LogP contribution < -0.4 is 0 Å². The molecule has 0 unspecified atom stereocenters. The molecule has 0 aliphatic heterocycles. The van der Waals surface area contributed by atoms with Gasteiger partial charge in [0.1, 0.15) is 5.69 Å². The number of ketones is 1. The van der Waals surface area contributed by atoms with Crippen molar-refractivity contribution in [2.75, 3.05) is 7.11 Å². The van der Waals surface area contributed by atoms with Gasteiger partial charge in [-0.1, -0.05) is 29.8 Å². The summed E-state index contributed by atoms with van der Waals surface area (Å²) in [4.78, 5) is 23.8. The third-order valence-corrected chi connectivity index (χ3v) is 3.06. The Morgan fingerprint density at radius 1 is 1.00 bits per heavy atom. The maximum atomic E-state index is 12.3. The van der Waals surface area contributed by atoms with Crippen LogP contribution in [-0.2, 0) is 11.8 Å². The second-order valence-corrected chi connectivity index (χ2v) is 4.35. The van der Waals surface area contributed by atoms with Gasteiger partial charge in [0.05, 0.1) is 12.8 Å². The van der Waals surface area contributed by atoms with Gasteiger partial charge in [-0.05, 0) is 19.1 Å². The largest absolute Gasteiger partial charge is 0.464 e. The molecule has 0 amide bonds. The van der Waals surface area contributed by atoms with Crippen LogP contribution in [0.15, 0.2) is 36.4 Å². The van der Waals surface area contributed by atoms with E-state index in [1.807, 2.05) is 19.1 Å². The molecule has 4 nitrogen and oxygen atoms in total. The van der Waals surface area contributed by atoms with Gasteiger partial charge in [-0.3, -0.25) is 4.79 Å². The van der Waals surface area contributed by atoms with E-state index in [1.165, 1.54) is 7.11 Å². The van der Waals surface area contributed by atoms with Crippen molar-refractivity contribution in [3.8, 4) is 0 Å². The summed E-state index contributed by atoms with van der Waals surface area (Å²) < 4.78 is 6.21. The standard InChI is InChI=1S/C15H15NO3/c1-10-4-6-11(7-5-10)14(17)12-8-9-13(16(12)2)15(18)19-3/h4-9H,1-3H3. The number of esters is 1. The molecule has 4 heteroatoms. The molecular formula is C15H15NO3. The highest BCUT2D eigenvalue weighted by molar-refractivity contribution is 6.08. The van der Waals surface area contributed by atoms with E-state index in [1.54, 1.807) is 35.9 Å². The van der Waals surface area contributed by atoms with E-state index in [-0.39, 0.29) is 5.78 Å². The third-order valence-electron chi connectivity index (χ3n) is 3.06. The van der Waals surface area contributed by atoms with Crippen molar-refractivity contribution >= 4 is 11.8 Å². The highest BCUT2D eigenvalue weighted by Crippen LogP contribution is 2.14. The summed E-state index contributed by atoms with van der Waals surface area (Å²) in [6, 6.07) is 10.6. The van der Waals surface area contributed by atoms with Gasteiger partial charge in [0.15, 0.2) is 0 Å². The van der Waals surface area contributed by atoms with Crippen LogP contribution in [0.25, 0.3) is 0 Å². The number of carbonyl (C=O) groups is 2. The molecule has 0 atom stereocenters. The zero-order valence-corrected chi connectivity index (χ0v) is 11.1. The summed E-state index contributed by atoms with van der Waals surface area (Å²) >= 11 is 0. The number of carbonyl (C=O) groups excluding carboxylic acids is 2. The second-order valence-electron chi connectivity index (χ2n) is 4.35. The Labute approximate surface area is 111 Å². The minimum Gasteiger partial charge on any atom is -0.464 e. The number of aryl methyl sites for hydroxylation is 1. The van der Waals surface area contributed by atoms with Crippen molar-refractivity contribution < 1.29 is 14.3 Å². The van der Waals surface area contributed by atoms with Gasteiger partial charge in [0.2, 0.25) is 5.78 Å². The molecule has 0 fully saturated rings. The zero-order chi connectivity index (χ0) is 14.0. The predicted octanol–water partition coefficient (Wildman–Crippen LogP) is 2.35. The highest BCUT2D eigenvalue weighted by Gasteiger charge is 2.18. The number of hydrogen-bond acceptors (Lipinski definition) is 3. The number of ether oxygens (including phenoxy) is 1. The minimum absolute atomic E-state index is 0.113. The molecule has 98 valence electrons. The lowest BCUT2D eigenvalue weighted by Gasteiger charge is -2.06. The van der Waals surface area contributed by atoms with Crippen LogP contribution in [0.1, 0.15) is 32.1 Å². The molecule has 1 aromatic carbocycles. The lowest BCUT2D eigenvalue weighted by atomic mass is 10.1. The van der Waals surface area contributed by atoms with Gasteiger partial charge in [-0.15, -0.1) is 0 Å². The van der Waals surface area contributed by atoms with Gasteiger partial charge >= 0.3 is 5.97 Å². The summed E-state index contributed by atoms with van der Waals surface area (Å²) in [6.45, 7) is 1.96. The minimum atomic E-state index is -0.453.